The molecule has 0 unspecified atom stereocenters. The fraction of sp³-hybridized carbons (Fsp3) is 0.455. The highest BCUT2D eigenvalue weighted by Crippen LogP contribution is 2.48. The van der Waals surface area contributed by atoms with E-state index in [-0.39, 0.29) is 0 Å². The van der Waals surface area contributed by atoms with Crippen LogP contribution in [0.2, 0.25) is 10.0 Å². The van der Waals surface area contributed by atoms with Crippen molar-refractivity contribution in [3.8, 4) is 0 Å². The normalized spacial score (nSPS) is 25.1. The van der Waals surface area contributed by atoms with Crippen LogP contribution in [-0.4, -0.2) is 6.04 Å². The second-order valence-electron chi connectivity index (χ2n) is 4.59. The summed E-state index contributed by atoms with van der Waals surface area (Å²) in [6.07, 6.45) is 2.36. The van der Waals surface area contributed by atoms with Crippen LogP contribution in [0.4, 0.5) is 17.1 Å². The molecule has 0 amide bonds. The van der Waals surface area contributed by atoms with Crippen LogP contribution < -0.4 is 5.32 Å². The zero-order valence-corrected chi connectivity index (χ0v) is 11.5. The van der Waals surface area contributed by atoms with Crippen molar-refractivity contribution in [1.82, 2.24) is 0 Å². The molecule has 0 atom stereocenters. The molecule has 3 rings (SSSR count). The van der Waals surface area contributed by atoms with Crippen molar-refractivity contribution in [3.05, 3.63) is 16.1 Å². The van der Waals surface area contributed by atoms with Gasteiger partial charge in [0.15, 0.2) is 0 Å². The van der Waals surface area contributed by atoms with Gasteiger partial charge in [0.1, 0.15) is 11.4 Å². The van der Waals surface area contributed by atoms with Gasteiger partial charge in [-0.3, -0.25) is 0 Å². The Morgan fingerprint density at radius 3 is 2.65 bits per heavy atom. The Labute approximate surface area is 113 Å². The van der Waals surface area contributed by atoms with Crippen molar-refractivity contribution < 1.29 is 0 Å². The van der Waals surface area contributed by atoms with E-state index in [0.717, 1.165) is 34.3 Å². The minimum absolute atomic E-state index is 0.494. The van der Waals surface area contributed by atoms with Gasteiger partial charge in [-0.2, -0.15) is 8.73 Å². The van der Waals surface area contributed by atoms with Crippen LogP contribution in [0.5, 0.6) is 0 Å². The van der Waals surface area contributed by atoms with E-state index in [2.05, 4.69) is 21.0 Å². The van der Waals surface area contributed by atoms with Crippen molar-refractivity contribution in [1.29, 1.82) is 0 Å². The summed E-state index contributed by atoms with van der Waals surface area (Å²) in [5.41, 5.74) is 2.39. The average molecular weight is 288 g/mol. The molecular weight excluding hydrogens is 277 g/mol. The van der Waals surface area contributed by atoms with Crippen molar-refractivity contribution >= 4 is 51.6 Å². The highest BCUT2D eigenvalue weighted by atomic mass is 35.5. The summed E-state index contributed by atoms with van der Waals surface area (Å²) in [5.74, 6) is 0.794. The SMILES string of the molecule is CC1CC(Nc2c(Cl)cc(Cl)c3c2N=S=N3)C1. The lowest BCUT2D eigenvalue weighted by molar-refractivity contribution is 0.309. The molecule has 1 saturated carbocycles. The van der Waals surface area contributed by atoms with Gasteiger partial charge in [-0.15, -0.1) is 0 Å². The Morgan fingerprint density at radius 2 is 1.94 bits per heavy atom. The molecule has 1 fully saturated rings. The molecule has 0 aromatic heterocycles. The van der Waals surface area contributed by atoms with E-state index in [1.54, 1.807) is 6.07 Å². The van der Waals surface area contributed by atoms with Gasteiger partial charge >= 0.3 is 0 Å². The molecule has 1 heterocycles. The first kappa shape index (κ1) is 11.5. The predicted octanol–water partition coefficient (Wildman–Crippen LogP) is 4.93. The van der Waals surface area contributed by atoms with Crippen LogP contribution in [0.1, 0.15) is 19.8 Å². The van der Waals surface area contributed by atoms with Gasteiger partial charge in [-0.25, -0.2) is 0 Å². The topological polar surface area (TPSA) is 36.8 Å². The van der Waals surface area contributed by atoms with Crippen molar-refractivity contribution in [3.63, 3.8) is 0 Å². The van der Waals surface area contributed by atoms with E-state index < -0.39 is 0 Å². The number of anilines is 1. The summed E-state index contributed by atoms with van der Waals surface area (Å²) < 4.78 is 8.46. The fourth-order valence-electron chi connectivity index (χ4n) is 2.24. The van der Waals surface area contributed by atoms with Crippen molar-refractivity contribution in [2.24, 2.45) is 14.6 Å². The smallest absolute Gasteiger partial charge is 0.130 e. The summed E-state index contributed by atoms with van der Waals surface area (Å²) in [4.78, 5) is 0. The number of halogens is 2. The van der Waals surface area contributed by atoms with Gasteiger partial charge in [-0.05, 0) is 24.8 Å². The van der Waals surface area contributed by atoms with Gasteiger partial charge in [0.25, 0.3) is 0 Å². The van der Waals surface area contributed by atoms with E-state index in [4.69, 9.17) is 23.2 Å². The average Bonchev–Trinajstić information content (AvgIpc) is 2.70. The number of rotatable bonds is 2. The van der Waals surface area contributed by atoms with Crippen molar-refractivity contribution in [2.45, 2.75) is 25.8 Å². The second kappa shape index (κ2) is 4.26. The summed E-state index contributed by atoms with van der Waals surface area (Å²) in [6.45, 7) is 2.25. The van der Waals surface area contributed by atoms with Gasteiger partial charge in [0.2, 0.25) is 0 Å². The van der Waals surface area contributed by atoms with E-state index in [1.807, 2.05) is 0 Å². The zero-order chi connectivity index (χ0) is 12.0. The highest BCUT2D eigenvalue weighted by molar-refractivity contribution is 7.58. The molecule has 0 saturated heterocycles. The van der Waals surface area contributed by atoms with Crippen molar-refractivity contribution in [2.75, 3.05) is 5.32 Å². The molecule has 1 aliphatic heterocycles. The molecule has 6 heteroatoms. The Kier molecular flexibility index (Phi) is 2.89. The van der Waals surface area contributed by atoms with Crippen LogP contribution in [0.3, 0.4) is 0 Å². The molecule has 17 heavy (non-hydrogen) atoms. The zero-order valence-electron chi connectivity index (χ0n) is 9.20. The second-order valence-corrected chi connectivity index (χ2v) is 5.94. The molecule has 1 N–H and O–H groups in total. The molecule has 3 nitrogen and oxygen atoms in total. The number of fused-ring (bicyclic) bond motifs is 1. The maximum Gasteiger partial charge on any atom is 0.130 e. The first-order chi connectivity index (χ1) is 8.15. The molecule has 1 aliphatic carbocycles. The van der Waals surface area contributed by atoms with Crippen LogP contribution in [0.25, 0.3) is 0 Å². The lowest BCUT2D eigenvalue weighted by atomic mass is 9.82. The number of hydrogen-bond donors (Lipinski definition) is 1. The third-order valence-corrected chi connectivity index (χ3v) is 4.28. The molecule has 0 radical (unpaired) electrons. The molecule has 0 spiro atoms. The minimum Gasteiger partial charge on any atom is -0.379 e. The molecule has 90 valence electrons. The Hall–Kier alpha value is -0.580. The standard InChI is InChI=1S/C11H11Cl2N3S/c1-5-2-6(3-5)14-9-7(12)4-8(13)10-11(9)16-17-15-10/h4-6,14H,2-3H2,1H3. The Bertz CT molecular complexity index is 546. The lowest BCUT2D eigenvalue weighted by Crippen LogP contribution is -2.33. The van der Waals surface area contributed by atoms with Gasteiger partial charge in [0.05, 0.1) is 27.1 Å². The monoisotopic (exact) mass is 287 g/mol. The summed E-state index contributed by atoms with van der Waals surface area (Å²) in [6, 6.07) is 2.23. The third kappa shape index (κ3) is 1.98. The summed E-state index contributed by atoms with van der Waals surface area (Å²) >= 11 is 13.5. The first-order valence-electron chi connectivity index (χ1n) is 5.52. The molecule has 1 aromatic carbocycles. The number of hydrogen-bond acceptors (Lipinski definition) is 3. The first-order valence-corrected chi connectivity index (χ1v) is 7.00. The highest BCUT2D eigenvalue weighted by Gasteiger charge is 2.28. The minimum atomic E-state index is 0.494. The van der Waals surface area contributed by atoms with E-state index in [9.17, 15) is 0 Å². The third-order valence-electron chi connectivity index (χ3n) is 3.17. The summed E-state index contributed by atoms with van der Waals surface area (Å²) in [5, 5.41) is 4.63. The lowest BCUT2D eigenvalue weighted by Gasteiger charge is -2.34. The van der Waals surface area contributed by atoms with E-state index >= 15 is 0 Å². The van der Waals surface area contributed by atoms with Crippen LogP contribution in [0.15, 0.2) is 14.8 Å². The quantitative estimate of drug-likeness (QED) is 0.835. The maximum absolute atomic E-state index is 6.22. The predicted molar refractivity (Wildman–Crippen MR) is 73.8 cm³/mol. The fourth-order valence-corrected chi connectivity index (χ4v) is 3.40. The summed E-state index contributed by atoms with van der Waals surface area (Å²) in [7, 11) is 0. The van der Waals surface area contributed by atoms with Crippen LogP contribution >= 0.6 is 23.2 Å². The molecular formula is C11H11Cl2N3S. The van der Waals surface area contributed by atoms with Crippen LogP contribution in [-0.2, 0) is 11.4 Å². The van der Waals surface area contributed by atoms with Crippen LogP contribution in [0, 0.1) is 5.92 Å². The van der Waals surface area contributed by atoms with Gasteiger partial charge in [-0.1, -0.05) is 30.1 Å². The largest absolute Gasteiger partial charge is 0.379 e. The molecule has 1 aromatic rings. The molecule has 0 bridgehead atoms. The van der Waals surface area contributed by atoms with E-state index in [1.165, 1.54) is 12.8 Å². The Morgan fingerprint density at radius 1 is 1.24 bits per heavy atom. The molecule has 2 aliphatic rings. The van der Waals surface area contributed by atoms with E-state index in [0.29, 0.717) is 16.1 Å². The number of nitrogens with one attached hydrogen (secondary N) is 1. The van der Waals surface area contributed by atoms with Gasteiger partial charge in [0, 0.05) is 6.04 Å². The van der Waals surface area contributed by atoms with Gasteiger partial charge < -0.3 is 5.32 Å². The number of nitrogens with zero attached hydrogens (tertiary/aromatic N) is 2. The maximum atomic E-state index is 6.22. The Balaban J connectivity index is 1.94. The number of benzene rings is 1.